The van der Waals surface area contributed by atoms with E-state index in [1.54, 1.807) is 6.07 Å². The van der Waals surface area contributed by atoms with Crippen molar-refractivity contribution in [3.8, 4) is 11.4 Å². The van der Waals surface area contributed by atoms with Crippen LogP contribution in [0.5, 0.6) is 0 Å². The summed E-state index contributed by atoms with van der Waals surface area (Å²) < 4.78 is 0. The summed E-state index contributed by atoms with van der Waals surface area (Å²) in [4.78, 5) is 25.3. The zero-order valence-electron chi connectivity index (χ0n) is 19.4. The Morgan fingerprint density at radius 3 is 2.94 bits per heavy atom. The topological polar surface area (TPSA) is 133 Å². The van der Waals surface area contributed by atoms with Gasteiger partial charge in [-0.15, -0.1) is 0 Å². The molecular weight excluding hydrogens is 442 g/mol. The van der Waals surface area contributed by atoms with Crippen LogP contribution < -0.4 is 21.5 Å². The number of nitrogens with one attached hydrogen (secondary N) is 5. The first kappa shape index (κ1) is 21.6. The highest BCUT2D eigenvalue weighted by atomic mass is 16.1. The van der Waals surface area contributed by atoms with Gasteiger partial charge in [-0.2, -0.15) is 10.2 Å². The summed E-state index contributed by atoms with van der Waals surface area (Å²) in [7, 11) is 0. The SMILES string of the molecule is Cc1cnc(-c2ccc3cc(C(=O)Nc4ccnnc4)[nH]c3c2)nc1NC1CCC2NNCC2C1. The van der Waals surface area contributed by atoms with Crippen LogP contribution in [0.3, 0.4) is 0 Å². The zero-order valence-corrected chi connectivity index (χ0v) is 19.4. The Kier molecular flexibility index (Phi) is 5.59. The van der Waals surface area contributed by atoms with E-state index < -0.39 is 0 Å². The van der Waals surface area contributed by atoms with Gasteiger partial charge in [-0.25, -0.2) is 9.97 Å². The van der Waals surface area contributed by atoms with Crippen LogP contribution in [-0.4, -0.2) is 49.7 Å². The van der Waals surface area contributed by atoms with Crippen LogP contribution in [0.4, 0.5) is 11.5 Å². The first-order valence-corrected chi connectivity index (χ1v) is 11.9. The van der Waals surface area contributed by atoms with Gasteiger partial charge in [-0.1, -0.05) is 12.1 Å². The van der Waals surface area contributed by atoms with Gasteiger partial charge < -0.3 is 15.6 Å². The van der Waals surface area contributed by atoms with Crippen molar-refractivity contribution in [1.82, 2.24) is 36.0 Å². The van der Waals surface area contributed by atoms with E-state index >= 15 is 0 Å². The number of carbonyl (C=O) groups is 1. The Morgan fingerprint density at radius 2 is 2.06 bits per heavy atom. The standard InChI is InChI=1S/C25H27N9O/c1-14-11-26-24(33-23(14)30-18-4-5-20-17(8-18)12-29-34-20)16-3-2-15-9-22(32-21(15)10-16)25(35)31-19-6-7-27-28-13-19/h2-3,6-7,9-11,13,17-18,20,29,32,34H,4-5,8,12H2,1H3,(H,26,30,33)(H,27,31,35). The highest BCUT2D eigenvalue weighted by molar-refractivity contribution is 6.06. The second kappa shape index (κ2) is 9.05. The van der Waals surface area contributed by atoms with E-state index in [0.29, 0.717) is 35.2 Å². The minimum absolute atomic E-state index is 0.240. The fourth-order valence-corrected chi connectivity index (χ4v) is 5.00. The van der Waals surface area contributed by atoms with Crippen molar-refractivity contribution in [2.45, 2.75) is 38.3 Å². The minimum atomic E-state index is -0.240. The number of aromatic nitrogens is 5. The average Bonchev–Trinajstić information content (AvgIpc) is 3.52. The Bertz CT molecular complexity index is 1370. The molecule has 35 heavy (non-hydrogen) atoms. The summed E-state index contributed by atoms with van der Waals surface area (Å²) in [6, 6.07) is 10.5. The molecule has 3 atom stereocenters. The van der Waals surface area contributed by atoms with Gasteiger partial charge in [-0.3, -0.25) is 15.6 Å². The van der Waals surface area contributed by atoms with Crippen LogP contribution in [0.2, 0.25) is 0 Å². The molecule has 10 nitrogen and oxygen atoms in total. The number of benzene rings is 1. The maximum absolute atomic E-state index is 12.6. The van der Waals surface area contributed by atoms with E-state index in [4.69, 9.17) is 4.98 Å². The second-order valence-corrected chi connectivity index (χ2v) is 9.34. The lowest BCUT2D eigenvalue weighted by atomic mass is 9.83. The van der Waals surface area contributed by atoms with Crippen molar-refractivity contribution in [1.29, 1.82) is 0 Å². The first-order chi connectivity index (χ1) is 17.1. The van der Waals surface area contributed by atoms with Crippen LogP contribution in [0, 0.1) is 12.8 Å². The lowest BCUT2D eigenvalue weighted by Crippen LogP contribution is -2.39. The van der Waals surface area contributed by atoms with E-state index in [9.17, 15) is 4.79 Å². The molecule has 0 radical (unpaired) electrons. The van der Waals surface area contributed by atoms with Crippen molar-refractivity contribution < 1.29 is 4.79 Å². The van der Waals surface area contributed by atoms with Gasteiger partial charge in [0.2, 0.25) is 0 Å². The molecule has 1 aliphatic heterocycles. The molecule has 1 aromatic carbocycles. The van der Waals surface area contributed by atoms with Crippen molar-refractivity contribution in [3.05, 3.63) is 60.2 Å². The van der Waals surface area contributed by atoms with Crippen LogP contribution in [-0.2, 0) is 0 Å². The number of H-pyrrole nitrogens is 1. The fourth-order valence-electron chi connectivity index (χ4n) is 5.00. The molecule has 0 bridgehead atoms. The predicted molar refractivity (Wildman–Crippen MR) is 134 cm³/mol. The molecule has 3 unspecified atom stereocenters. The van der Waals surface area contributed by atoms with Gasteiger partial charge in [0.25, 0.3) is 5.91 Å². The Hall–Kier alpha value is -3.89. The third-order valence-corrected chi connectivity index (χ3v) is 6.91. The molecule has 5 N–H and O–H groups in total. The van der Waals surface area contributed by atoms with Gasteiger partial charge in [0.05, 0.1) is 18.1 Å². The molecular formula is C25H27N9O. The van der Waals surface area contributed by atoms with Crippen LogP contribution >= 0.6 is 0 Å². The molecule has 2 aliphatic rings. The molecule has 3 aromatic heterocycles. The van der Waals surface area contributed by atoms with E-state index in [1.807, 2.05) is 37.4 Å². The molecule has 1 amide bonds. The lowest BCUT2D eigenvalue weighted by Gasteiger charge is -2.31. The highest BCUT2D eigenvalue weighted by Crippen LogP contribution is 2.30. The van der Waals surface area contributed by atoms with Gasteiger partial charge in [0.1, 0.15) is 11.5 Å². The number of amides is 1. The quantitative estimate of drug-likeness (QED) is 0.301. The number of aryl methyl sites for hydroxylation is 1. The molecule has 1 saturated heterocycles. The molecule has 4 heterocycles. The number of rotatable bonds is 5. The van der Waals surface area contributed by atoms with E-state index in [-0.39, 0.29) is 5.91 Å². The fraction of sp³-hybridized carbons (Fsp3) is 0.320. The van der Waals surface area contributed by atoms with Crippen LogP contribution in [0.15, 0.2) is 48.9 Å². The molecule has 1 aliphatic carbocycles. The number of aromatic amines is 1. The number of fused-ring (bicyclic) bond motifs is 2. The van der Waals surface area contributed by atoms with Gasteiger partial charge in [0.15, 0.2) is 5.82 Å². The Morgan fingerprint density at radius 1 is 1.11 bits per heavy atom. The monoisotopic (exact) mass is 469 g/mol. The van der Waals surface area contributed by atoms with Gasteiger partial charge in [-0.05, 0) is 50.3 Å². The maximum Gasteiger partial charge on any atom is 0.272 e. The predicted octanol–water partition coefficient (Wildman–Crippen LogP) is 3.03. The van der Waals surface area contributed by atoms with Crippen molar-refractivity contribution in [3.63, 3.8) is 0 Å². The molecule has 6 rings (SSSR count). The molecule has 1 saturated carbocycles. The first-order valence-electron chi connectivity index (χ1n) is 11.9. The molecule has 0 spiro atoms. The summed E-state index contributed by atoms with van der Waals surface area (Å²) in [5.74, 6) is 1.95. The van der Waals surface area contributed by atoms with E-state index in [1.165, 1.54) is 12.4 Å². The van der Waals surface area contributed by atoms with Crippen molar-refractivity contribution >= 4 is 28.3 Å². The molecule has 178 valence electrons. The summed E-state index contributed by atoms with van der Waals surface area (Å²) in [5, 5.41) is 14.9. The number of carbonyl (C=O) groups excluding carboxylic acids is 1. The zero-order chi connectivity index (χ0) is 23.8. The highest BCUT2D eigenvalue weighted by Gasteiger charge is 2.34. The average molecular weight is 470 g/mol. The number of anilines is 2. The maximum atomic E-state index is 12.6. The Balaban J connectivity index is 1.21. The number of hydrazine groups is 1. The molecule has 2 fully saturated rings. The number of nitrogens with zero attached hydrogens (tertiary/aromatic N) is 4. The normalized spacial score (nSPS) is 21.6. The van der Waals surface area contributed by atoms with Gasteiger partial charge >= 0.3 is 0 Å². The summed E-state index contributed by atoms with van der Waals surface area (Å²) in [6.07, 6.45) is 8.30. The van der Waals surface area contributed by atoms with Gasteiger partial charge in [0, 0.05) is 46.9 Å². The largest absolute Gasteiger partial charge is 0.367 e. The summed E-state index contributed by atoms with van der Waals surface area (Å²) >= 11 is 0. The second-order valence-electron chi connectivity index (χ2n) is 9.34. The van der Waals surface area contributed by atoms with Crippen molar-refractivity contribution in [2.75, 3.05) is 17.2 Å². The smallest absolute Gasteiger partial charge is 0.272 e. The third-order valence-electron chi connectivity index (χ3n) is 6.91. The third kappa shape index (κ3) is 4.45. The van der Waals surface area contributed by atoms with Crippen LogP contribution in [0.1, 0.15) is 35.3 Å². The number of hydrogen-bond donors (Lipinski definition) is 5. The van der Waals surface area contributed by atoms with Crippen LogP contribution in [0.25, 0.3) is 22.3 Å². The lowest BCUT2D eigenvalue weighted by molar-refractivity contribution is 0.102. The molecule has 10 heteroatoms. The summed E-state index contributed by atoms with van der Waals surface area (Å²) in [5.41, 5.74) is 10.5. The van der Waals surface area contributed by atoms with E-state index in [0.717, 1.165) is 53.7 Å². The summed E-state index contributed by atoms with van der Waals surface area (Å²) in [6.45, 7) is 3.06. The van der Waals surface area contributed by atoms with E-state index in [2.05, 4.69) is 41.7 Å². The molecule has 4 aromatic rings. The number of hydrogen-bond acceptors (Lipinski definition) is 8. The van der Waals surface area contributed by atoms with Crippen molar-refractivity contribution in [2.24, 2.45) is 5.92 Å². The minimum Gasteiger partial charge on any atom is -0.367 e. The Labute approximate surface area is 202 Å².